The lowest BCUT2D eigenvalue weighted by atomic mass is 10.1. The third-order valence-electron chi connectivity index (χ3n) is 2.14. The first-order chi connectivity index (χ1) is 6.56. The first-order valence-electron chi connectivity index (χ1n) is 4.37. The SMILES string of the molecule is NS(=O)(=O)Oc1ccccc1C1CC1. The van der Waals surface area contributed by atoms with Gasteiger partial charge in [0, 0.05) is 0 Å². The zero-order valence-corrected chi connectivity index (χ0v) is 8.33. The van der Waals surface area contributed by atoms with Gasteiger partial charge in [0.15, 0.2) is 0 Å². The van der Waals surface area contributed by atoms with Crippen LogP contribution in [0.5, 0.6) is 5.75 Å². The van der Waals surface area contributed by atoms with Crippen LogP contribution < -0.4 is 9.32 Å². The summed E-state index contributed by atoms with van der Waals surface area (Å²) in [6.45, 7) is 0. The van der Waals surface area contributed by atoms with E-state index >= 15 is 0 Å². The minimum Gasteiger partial charge on any atom is -0.371 e. The van der Waals surface area contributed by atoms with Crippen LogP contribution in [0.15, 0.2) is 24.3 Å². The lowest BCUT2D eigenvalue weighted by Crippen LogP contribution is -2.19. The zero-order chi connectivity index (χ0) is 10.2. The number of benzene rings is 1. The van der Waals surface area contributed by atoms with Gasteiger partial charge in [0.2, 0.25) is 0 Å². The van der Waals surface area contributed by atoms with Gasteiger partial charge in [-0.1, -0.05) is 18.2 Å². The number of para-hydroxylation sites is 1. The van der Waals surface area contributed by atoms with Gasteiger partial charge in [-0.25, -0.2) is 0 Å². The highest BCUT2D eigenvalue weighted by Gasteiger charge is 2.27. The Balaban J connectivity index is 2.32. The Morgan fingerprint density at radius 1 is 1.29 bits per heavy atom. The minimum atomic E-state index is -3.91. The lowest BCUT2D eigenvalue weighted by Gasteiger charge is -2.07. The maximum atomic E-state index is 10.8. The Kier molecular flexibility index (Phi) is 2.20. The van der Waals surface area contributed by atoms with Crippen molar-refractivity contribution in [2.24, 2.45) is 5.14 Å². The average molecular weight is 213 g/mol. The summed E-state index contributed by atoms with van der Waals surface area (Å²) in [5.41, 5.74) is 0.932. The van der Waals surface area contributed by atoms with E-state index in [4.69, 9.17) is 5.14 Å². The normalized spacial score (nSPS) is 16.6. The van der Waals surface area contributed by atoms with Crippen LogP contribution in [0.3, 0.4) is 0 Å². The second-order valence-corrected chi connectivity index (χ2v) is 4.54. The van der Waals surface area contributed by atoms with Crippen molar-refractivity contribution in [3.05, 3.63) is 29.8 Å². The molecular formula is C9H11NO3S. The fourth-order valence-electron chi connectivity index (χ4n) is 1.41. The standard InChI is InChI=1S/C9H11NO3S/c10-14(11,12)13-9-4-2-1-3-8(9)7-5-6-7/h1-4,7H,5-6H2,(H2,10,11,12). The quantitative estimate of drug-likeness (QED) is 0.818. The molecule has 0 aromatic heterocycles. The largest absolute Gasteiger partial charge is 0.380 e. The highest BCUT2D eigenvalue weighted by Crippen LogP contribution is 2.44. The van der Waals surface area contributed by atoms with E-state index in [1.807, 2.05) is 12.1 Å². The van der Waals surface area contributed by atoms with Crippen molar-refractivity contribution in [2.45, 2.75) is 18.8 Å². The minimum absolute atomic E-state index is 0.359. The summed E-state index contributed by atoms with van der Waals surface area (Å²) in [6.07, 6.45) is 2.18. The molecule has 5 heteroatoms. The van der Waals surface area contributed by atoms with Gasteiger partial charge < -0.3 is 4.18 Å². The molecule has 2 N–H and O–H groups in total. The van der Waals surface area contributed by atoms with Crippen LogP contribution in [0.2, 0.25) is 0 Å². The molecule has 76 valence electrons. The van der Waals surface area contributed by atoms with Gasteiger partial charge in [0.1, 0.15) is 5.75 Å². The van der Waals surface area contributed by atoms with E-state index in [1.165, 1.54) is 0 Å². The topological polar surface area (TPSA) is 69.4 Å². The van der Waals surface area contributed by atoms with E-state index in [0.717, 1.165) is 18.4 Å². The molecule has 1 aromatic rings. The molecule has 0 heterocycles. The maximum absolute atomic E-state index is 10.8. The van der Waals surface area contributed by atoms with Gasteiger partial charge in [-0.3, -0.25) is 0 Å². The van der Waals surface area contributed by atoms with Crippen molar-refractivity contribution in [3.8, 4) is 5.75 Å². The maximum Gasteiger partial charge on any atom is 0.380 e. The van der Waals surface area contributed by atoms with Gasteiger partial charge in [0.05, 0.1) is 0 Å². The highest BCUT2D eigenvalue weighted by atomic mass is 32.2. The molecule has 0 spiro atoms. The summed E-state index contributed by atoms with van der Waals surface area (Å²) < 4.78 is 26.2. The summed E-state index contributed by atoms with van der Waals surface area (Å²) in [6, 6.07) is 7.09. The number of rotatable bonds is 3. The molecule has 1 aromatic carbocycles. The van der Waals surface area contributed by atoms with E-state index in [1.54, 1.807) is 12.1 Å². The van der Waals surface area contributed by atoms with Gasteiger partial charge in [-0.15, -0.1) is 0 Å². The number of nitrogens with two attached hydrogens (primary N) is 1. The molecule has 1 aliphatic rings. The molecule has 1 aliphatic carbocycles. The van der Waals surface area contributed by atoms with Gasteiger partial charge in [-0.05, 0) is 30.4 Å². The Hall–Kier alpha value is -1.07. The van der Waals surface area contributed by atoms with Crippen molar-refractivity contribution in [3.63, 3.8) is 0 Å². The first-order valence-corrected chi connectivity index (χ1v) is 5.84. The number of hydrogen-bond donors (Lipinski definition) is 1. The van der Waals surface area contributed by atoms with Crippen molar-refractivity contribution >= 4 is 10.3 Å². The Labute approximate surface area is 82.9 Å². The zero-order valence-electron chi connectivity index (χ0n) is 7.51. The van der Waals surface area contributed by atoms with Crippen molar-refractivity contribution in [1.29, 1.82) is 0 Å². The molecule has 0 atom stereocenters. The Morgan fingerprint density at radius 2 is 1.93 bits per heavy atom. The molecule has 0 unspecified atom stereocenters. The molecule has 0 radical (unpaired) electrons. The molecular weight excluding hydrogens is 202 g/mol. The predicted octanol–water partition coefficient (Wildman–Crippen LogP) is 1.15. The van der Waals surface area contributed by atoms with Gasteiger partial charge in [-0.2, -0.15) is 13.6 Å². The van der Waals surface area contributed by atoms with Gasteiger partial charge >= 0.3 is 10.3 Å². The number of hydrogen-bond acceptors (Lipinski definition) is 3. The fraction of sp³-hybridized carbons (Fsp3) is 0.333. The van der Waals surface area contributed by atoms with E-state index < -0.39 is 10.3 Å². The summed E-state index contributed by atoms with van der Waals surface area (Å²) >= 11 is 0. The van der Waals surface area contributed by atoms with Crippen molar-refractivity contribution < 1.29 is 12.6 Å². The average Bonchev–Trinajstić information content (AvgIpc) is 2.85. The molecule has 1 saturated carbocycles. The summed E-state index contributed by atoms with van der Waals surface area (Å²) in [7, 11) is -3.91. The van der Waals surface area contributed by atoms with Crippen LogP contribution in [0, 0.1) is 0 Å². The van der Waals surface area contributed by atoms with Crippen LogP contribution >= 0.6 is 0 Å². The summed E-state index contributed by atoms with van der Waals surface area (Å²) in [4.78, 5) is 0. The predicted molar refractivity (Wildman–Crippen MR) is 52.2 cm³/mol. The van der Waals surface area contributed by atoms with Crippen LogP contribution in [0.25, 0.3) is 0 Å². The van der Waals surface area contributed by atoms with Crippen LogP contribution in [0.4, 0.5) is 0 Å². The Morgan fingerprint density at radius 3 is 2.50 bits per heavy atom. The summed E-state index contributed by atoms with van der Waals surface area (Å²) in [5.74, 6) is 0.797. The van der Waals surface area contributed by atoms with Crippen LogP contribution in [0.1, 0.15) is 24.3 Å². The fourth-order valence-corrected chi connectivity index (χ4v) is 1.82. The molecule has 0 amide bonds. The van der Waals surface area contributed by atoms with E-state index in [9.17, 15) is 8.42 Å². The molecule has 4 nitrogen and oxygen atoms in total. The molecule has 14 heavy (non-hydrogen) atoms. The molecule has 1 fully saturated rings. The highest BCUT2D eigenvalue weighted by molar-refractivity contribution is 7.84. The van der Waals surface area contributed by atoms with E-state index in [0.29, 0.717) is 11.7 Å². The van der Waals surface area contributed by atoms with Crippen molar-refractivity contribution in [1.82, 2.24) is 0 Å². The molecule has 2 rings (SSSR count). The Bertz CT molecular complexity index is 437. The van der Waals surface area contributed by atoms with Crippen molar-refractivity contribution in [2.75, 3.05) is 0 Å². The monoisotopic (exact) mass is 213 g/mol. The molecule has 0 aliphatic heterocycles. The van der Waals surface area contributed by atoms with Gasteiger partial charge in [0.25, 0.3) is 0 Å². The molecule has 0 bridgehead atoms. The first kappa shape index (κ1) is 9.48. The van der Waals surface area contributed by atoms with Crippen LogP contribution in [-0.4, -0.2) is 8.42 Å². The smallest absolute Gasteiger partial charge is 0.371 e. The van der Waals surface area contributed by atoms with Crippen LogP contribution in [-0.2, 0) is 10.3 Å². The third kappa shape index (κ3) is 2.24. The second kappa shape index (κ2) is 3.25. The summed E-state index contributed by atoms with van der Waals surface area (Å²) in [5, 5.41) is 4.81. The van der Waals surface area contributed by atoms with E-state index in [-0.39, 0.29) is 0 Å². The second-order valence-electron chi connectivity index (χ2n) is 3.39. The lowest BCUT2D eigenvalue weighted by molar-refractivity contribution is 0.484. The van der Waals surface area contributed by atoms with E-state index in [2.05, 4.69) is 4.18 Å². The molecule has 0 saturated heterocycles. The third-order valence-corrected chi connectivity index (χ3v) is 2.55.